The zero-order chi connectivity index (χ0) is 16.4. The molecule has 22 heavy (non-hydrogen) atoms. The molecule has 5 N–H and O–H groups in total. The Bertz CT molecular complexity index is 505. The van der Waals surface area contributed by atoms with E-state index in [4.69, 9.17) is 5.73 Å². The van der Waals surface area contributed by atoms with Gasteiger partial charge >= 0.3 is 0 Å². The van der Waals surface area contributed by atoms with E-state index in [-0.39, 0.29) is 18.4 Å². The lowest BCUT2D eigenvalue weighted by Crippen LogP contribution is -2.51. The average molecular weight is 306 g/mol. The normalized spacial score (nSPS) is 11.4. The largest absolute Gasteiger partial charge is 0.353 e. The summed E-state index contributed by atoms with van der Waals surface area (Å²) in [5, 5.41) is 7.67. The highest BCUT2D eigenvalue weighted by Gasteiger charge is 2.20. The minimum absolute atomic E-state index is 0.162. The van der Waals surface area contributed by atoms with E-state index >= 15 is 0 Å². The van der Waals surface area contributed by atoms with Crippen LogP contribution in [-0.2, 0) is 20.8 Å². The SMILES string of the molecule is CC(=O)NCC(=O)NC(Cc1ccccc1)C(=O)NCCN. The van der Waals surface area contributed by atoms with Crippen LogP contribution >= 0.6 is 0 Å². The molecular weight excluding hydrogens is 284 g/mol. The summed E-state index contributed by atoms with van der Waals surface area (Å²) in [6.07, 6.45) is 0.364. The first-order valence-electron chi connectivity index (χ1n) is 7.08. The topological polar surface area (TPSA) is 113 Å². The molecule has 0 spiro atoms. The van der Waals surface area contributed by atoms with Gasteiger partial charge < -0.3 is 21.7 Å². The molecule has 0 radical (unpaired) electrons. The number of rotatable bonds is 8. The molecule has 0 saturated heterocycles. The number of nitrogens with one attached hydrogen (secondary N) is 3. The molecule has 1 aromatic rings. The lowest BCUT2D eigenvalue weighted by atomic mass is 10.1. The lowest BCUT2D eigenvalue weighted by molar-refractivity contribution is -0.129. The zero-order valence-electron chi connectivity index (χ0n) is 12.6. The van der Waals surface area contributed by atoms with Crippen LogP contribution in [0.1, 0.15) is 12.5 Å². The Morgan fingerprint density at radius 2 is 1.82 bits per heavy atom. The van der Waals surface area contributed by atoms with E-state index in [1.165, 1.54) is 6.92 Å². The Morgan fingerprint density at radius 3 is 2.41 bits per heavy atom. The van der Waals surface area contributed by atoms with Crippen LogP contribution in [0.5, 0.6) is 0 Å². The van der Waals surface area contributed by atoms with Gasteiger partial charge in [-0.05, 0) is 5.56 Å². The van der Waals surface area contributed by atoms with Crippen LogP contribution in [-0.4, -0.2) is 43.4 Å². The first-order valence-corrected chi connectivity index (χ1v) is 7.08. The molecule has 0 saturated carbocycles. The van der Waals surface area contributed by atoms with Gasteiger partial charge in [0.2, 0.25) is 17.7 Å². The van der Waals surface area contributed by atoms with Crippen molar-refractivity contribution in [3.05, 3.63) is 35.9 Å². The van der Waals surface area contributed by atoms with Crippen LogP contribution in [0.2, 0.25) is 0 Å². The maximum Gasteiger partial charge on any atom is 0.242 e. The fourth-order valence-corrected chi connectivity index (χ4v) is 1.83. The molecular formula is C15H22N4O3. The predicted molar refractivity (Wildman–Crippen MR) is 82.8 cm³/mol. The predicted octanol–water partition coefficient (Wildman–Crippen LogP) is -1.08. The summed E-state index contributed by atoms with van der Waals surface area (Å²) < 4.78 is 0. The van der Waals surface area contributed by atoms with E-state index in [0.29, 0.717) is 19.5 Å². The van der Waals surface area contributed by atoms with Gasteiger partial charge in [0.15, 0.2) is 0 Å². The highest BCUT2D eigenvalue weighted by molar-refractivity contribution is 5.90. The third-order valence-electron chi connectivity index (χ3n) is 2.88. The first-order chi connectivity index (χ1) is 10.5. The molecule has 7 nitrogen and oxygen atoms in total. The van der Waals surface area contributed by atoms with E-state index in [9.17, 15) is 14.4 Å². The van der Waals surface area contributed by atoms with Crippen molar-refractivity contribution in [2.45, 2.75) is 19.4 Å². The second-order valence-corrected chi connectivity index (χ2v) is 4.80. The second-order valence-electron chi connectivity index (χ2n) is 4.80. The van der Waals surface area contributed by atoms with Crippen molar-refractivity contribution in [3.63, 3.8) is 0 Å². The fourth-order valence-electron chi connectivity index (χ4n) is 1.83. The van der Waals surface area contributed by atoms with Crippen LogP contribution in [0.4, 0.5) is 0 Å². The highest BCUT2D eigenvalue weighted by Crippen LogP contribution is 2.03. The number of amides is 3. The molecule has 0 aliphatic rings. The molecule has 1 aromatic carbocycles. The summed E-state index contributed by atoms with van der Waals surface area (Å²) in [5.41, 5.74) is 6.29. The van der Waals surface area contributed by atoms with E-state index in [1.54, 1.807) is 0 Å². The van der Waals surface area contributed by atoms with Crippen LogP contribution in [0, 0.1) is 0 Å². The van der Waals surface area contributed by atoms with Gasteiger partial charge in [-0.1, -0.05) is 30.3 Å². The molecule has 7 heteroatoms. The quantitative estimate of drug-likeness (QED) is 0.489. The molecule has 0 aliphatic carbocycles. The van der Waals surface area contributed by atoms with Crippen molar-refractivity contribution in [2.75, 3.05) is 19.6 Å². The van der Waals surface area contributed by atoms with E-state index in [2.05, 4.69) is 16.0 Å². The van der Waals surface area contributed by atoms with E-state index in [0.717, 1.165) is 5.56 Å². The zero-order valence-corrected chi connectivity index (χ0v) is 12.6. The van der Waals surface area contributed by atoms with E-state index < -0.39 is 11.9 Å². The van der Waals surface area contributed by atoms with Crippen LogP contribution in [0.25, 0.3) is 0 Å². The summed E-state index contributed by atoms with van der Waals surface area (Å²) in [5.74, 6) is -1.02. The van der Waals surface area contributed by atoms with Crippen LogP contribution < -0.4 is 21.7 Å². The number of benzene rings is 1. The molecule has 3 amide bonds. The van der Waals surface area contributed by atoms with Gasteiger partial charge in [0.25, 0.3) is 0 Å². The van der Waals surface area contributed by atoms with Crippen molar-refractivity contribution >= 4 is 17.7 Å². The van der Waals surface area contributed by atoms with Crippen LogP contribution in [0.3, 0.4) is 0 Å². The summed E-state index contributed by atoms with van der Waals surface area (Å²) >= 11 is 0. The van der Waals surface area contributed by atoms with Gasteiger partial charge in [0.05, 0.1) is 6.54 Å². The Hall–Kier alpha value is -2.41. The van der Waals surface area contributed by atoms with Gasteiger partial charge in [-0.2, -0.15) is 0 Å². The molecule has 0 aromatic heterocycles. The maximum absolute atomic E-state index is 12.1. The number of hydrogen-bond acceptors (Lipinski definition) is 4. The highest BCUT2D eigenvalue weighted by atomic mass is 16.2. The molecule has 120 valence electrons. The second kappa shape index (κ2) is 9.51. The summed E-state index contributed by atoms with van der Waals surface area (Å²) in [4.78, 5) is 34.7. The number of carbonyl (C=O) groups excluding carboxylic acids is 3. The van der Waals surface area contributed by atoms with Gasteiger partial charge in [-0.3, -0.25) is 14.4 Å². The summed E-state index contributed by atoms with van der Waals surface area (Å²) in [7, 11) is 0. The number of carbonyl (C=O) groups is 3. The monoisotopic (exact) mass is 306 g/mol. The van der Waals surface area contributed by atoms with Gasteiger partial charge in [0.1, 0.15) is 6.04 Å². The summed E-state index contributed by atoms with van der Waals surface area (Å²) in [6, 6.07) is 8.65. The van der Waals surface area contributed by atoms with Crippen molar-refractivity contribution in [3.8, 4) is 0 Å². The average Bonchev–Trinajstić information content (AvgIpc) is 2.51. The van der Waals surface area contributed by atoms with Crippen molar-refractivity contribution in [1.29, 1.82) is 0 Å². The van der Waals surface area contributed by atoms with Crippen molar-refractivity contribution < 1.29 is 14.4 Å². The Balaban J connectivity index is 2.66. The van der Waals surface area contributed by atoms with Gasteiger partial charge in [-0.15, -0.1) is 0 Å². The third-order valence-corrected chi connectivity index (χ3v) is 2.88. The molecule has 0 bridgehead atoms. The smallest absolute Gasteiger partial charge is 0.242 e. The molecule has 0 aliphatic heterocycles. The molecule has 0 fully saturated rings. The maximum atomic E-state index is 12.1. The number of hydrogen-bond donors (Lipinski definition) is 4. The summed E-state index contributed by atoms with van der Waals surface area (Å²) in [6.45, 7) is 1.82. The van der Waals surface area contributed by atoms with Crippen LogP contribution in [0.15, 0.2) is 30.3 Å². The number of nitrogens with two attached hydrogens (primary N) is 1. The minimum Gasteiger partial charge on any atom is -0.353 e. The molecule has 1 unspecified atom stereocenters. The minimum atomic E-state index is -0.713. The Kier molecular flexibility index (Phi) is 7.63. The van der Waals surface area contributed by atoms with Crippen molar-refractivity contribution in [2.24, 2.45) is 5.73 Å². The first kappa shape index (κ1) is 17.6. The van der Waals surface area contributed by atoms with E-state index in [1.807, 2.05) is 30.3 Å². The molecule has 1 atom stereocenters. The Morgan fingerprint density at radius 1 is 1.14 bits per heavy atom. The fraction of sp³-hybridized carbons (Fsp3) is 0.400. The molecule has 0 heterocycles. The van der Waals surface area contributed by atoms with Crippen molar-refractivity contribution in [1.82, 2.24) is 16.0 Å². The Labute approximate surface area is 129 Å². The third kappa shape index (κ3) is 6.85. The lowest BCUT2D eigenvalue weighted by Gasteiger charge is -2.18. The molecule has 1 rings (SSSR count). The van der Waals surface area contributed by atoms with Gasteiger partial charge in [0, 0.05) is 26.4 Å². The van der Waals surface area contributed by atoms with Gasteiger partial charge in [-0.25, -0.2) is 0 Å². The standard InChI is InChI=1S/C15H22N4O3/c1-11(20)18-10-14(21)19-13(15(22)17-8-7-16)9-12-5-3-2-4-6-12/h2-6,13H,7-10,16H2,1H3,(H,17,22)(H,18,20)(H,19,21).